The first-order chi connectivity index (χ1) is 14.1. The number of unbranched alkanes of at least 4 members (excludes halogenated alkanes) is 6. The van der Waals surface area contributed by atoms with Crippen LogP contribution in [0.5, 0.6) is 5.75 Å². The van der Waals surface area contributed by atoms with Gasteiger partial charge in [-0.3, -0.25) is 4.79 Å². The van der Waals surface area contributed by atoms with Gasteiger partial charge in [-0.1, -0.05) is 88.4 Å². The number of rotatable bonds is 12. The molecule has 0 bridgehead atoms. The van der Waals surface area contributed by atoms with E-state index in [-0.39, 0.29) is 5.78 Å². The second-order valence-electron chi connectivity index (χ2n) is 8.28. The van der Waals surface area contributed by atoms with Gasteiger partial charge in [0.1, 0.15) is 5.75 Å². The minimum Gasteiger partial charge on any atom is -0.482 e. The van der Waals surface area contributed by atoms with E-state index < -0.39 is 6.10 Å². The van der Waals surface area contributed by atoms with Crippen LogP contribution in [0, 0.1) is 0 Å². The molecule has 0 fully saturated rings. The lowest BCUT2D eigenvalue weighted by Gasteiger charge is -2.20. The molecule has 0 spiro atoms. The van der Waals surface area contributed by atoms with Crippen LogP contribution in [0.15, 0.2) is 54.6 Å². The molecule has 0 saturated heterocycles. The average molecular weight is 391 g/mol. The number of benzene rings is 2. The van der Waals surface area contributed by atoms with Gasteiger partial charge in [0.2, 0.25) is 0 Å². The molecule has 1 aliphatic carbocycles. The molecule has 0 N–H and O–H groups in total. The van der Waals surface area contributed by atoms with E-state index in [0.29, 0.717) is 5.57 Å². The second-order valence-corrected chi connectivity index (χ2v) is 8.28. The fourth-order valence-electron chi connectivity index (χ4n) is 4.20. The number of ether oxygens (including phenoxy) is 1. The molecular weight excluding hydrogens is 356 g/mol. The van der Waals surface area contributed by atoms with Crippen molar-refractivity contribution >= 4 is 5.78 Å². The van der Waals surface area contributed by atoms with E-state index in [1.165, 1.54) is 54.4 Å². The van der Waals surface area contributed by atoms with Crippen LogP contribution < -0.4 is 4.74 Å². The van der Waals surface area contributed by atoms with Crippen molar-refractivity contribution in [2.24, 2.45) is 0 Å². The predicted octanol–water partition coefficient (Wildman–Crippen LogP) is 7.29. The topological polar surface area (TPSA) is 26.3 Å². The second kappa shape index (κ2) is 10.4. The molecule has 2 nitrogen and oxygen atoms in total. The summed E-state index contributed by atoms with van der Waals surface area (Å²) in [4.78, 5) is 12.7. The van der Waals surface area contributed by atoms with Gasteiger partial charge >= 0.3 is 0 Å². The minimum absolute atomic E-state index is 0.0316. The van der Waals surface area contributed by atoms with Gasteiger partial charge in [-0.15, -0.1) is 0 Å². The Bertz CT molecular complexity index is 849. The Morgan fingerprint density at radius 2 is 1.66 bits per heavy atom. The molecule has 2 aromatic rings. The molecule has 0 aromatic heterocycles. The average Bonchev–Trinajstić information content (AvgIpc) is 3.11. The van der Waals surface area contributed by atoms with Gasteiger partial charge in [0.15, 0.2) is 11.9 Å². The fraction of sp³-hybridized carbons (Fsp3) is 0.444. The van der Waals surface area contributed by atoms with Crippen LogP contribution in [0.1, 0.15) is 76.3 Å². The van der Waals surface area contributed by atoms with Crippen molar-refractivity contribution in [2.45, 2.75) is 77.7 Å². The summed E-state index contributed by atoms with van der Waals surface area (Å²) in [6.45, 7) is 7.90. The summed E-state index contributed by atoms with van der Waals surface area (Å²) in [6, 6.07) is 14.7. The normalized spacial score (nSPS) is 12.9. The third-order valence-electron chi connectivity index (χ3n) is 5.86. The zero-order valence-corrected chi connectivity index (χ0v) is 18.0. The lowest BCUT2D eigenvalue weighted by Crippen LogP contribution is -2.28. The Morgan fingerprint density at radius 3 is 2.41 bits per heavy atom. The van der Waals surface area contributed by atoms with Gasteiger partial charge in [0.25, 0.3) is 0 Å². The monoisotopic (exact) mass is 390 g/mol. The standard InChI is InChI=1S/C27H34O2/c1-4-5-6-7-8-9-10-17-26(27(28)20(2)3)29-25-18-13-16-23-22-15-12-11-14-21(22)19-24(23)25/h11-16,18,26H,2,4-10,17,19H2,1,3H3. The number of carbonyl (C=O) groups is 1. The highest BCUT2D eigenvalue weighted by Gasteiger charge is 2.25. The van der Waals surface area contributed by atoms with Gasteiger partial charge < -0.3 is 4.74 Å². The van der Waals surface area contributed by atoms with Crippen LogP contribution in [0.2, 0.25) is 0 Å². The van der Waals surface area contributed by atoms with E-state index >= 15 is 0 Å². The first-order valence-electron chi connectivity index (χ1n) is 11.2. The lowest BCUT2D eigenvalue weighted by molar-refractivity contribution is -0.122. The van der Waals surface area contributed by atoms with E-state index in [1.54, 1.807) is 6.92 Å². The molecule has 1 unspecified atom stereocenters. The summed E-state index contributed by atoms with van der Waals surface area (Å²) >= 11 is 0. The SMILES string of the molecule is C=C(C)C(=O)C(CCCCCCCCC)Oc1cccc2c1Cc1ccccc1-2. The third-order valence-corrected chi connectivity index (χ3v) is 5.86. The van der Waals surface area contributed by atoms with Crippen molar-refractivity contribution in [3.63, 3.8) is 0 Å². The van der Waals surface area contributed by atoms with Crippen molar-refractivity contribution in [3.05, 3.63) is 65.7 Å². The minimum atomic E-state index is -0.432. The van der Waals surface area contributed by atoms with Crippen molar-refractivity contribution in [1.29, 1.82) is 0 Å². The Balaban J connectivity index is 1.66. The summed E-state index contributed by atoms with van der Waals surface area (Å²) in [6.07, 6.45) is 9.81. The predicted molar refractivity (Wildman–Crippen MR) is 122 cm³/mol. The van der Waals surface area contributed by atoms with E-state index in [9.17, 15) is 4.79 Å². The highest BCUT2D eigenvalue weighted by Crippen LogP contribution is 2.41. The Kier molecular flexibility index (Phi) is 7.69. The van der Waals surface area contributed by atoms with Crippen LogP contribution in [0.4, 0.5) is 0 Å². The van der Waals surface area contributed by atoms with Gasteiger partial charge in [0, 0.05) is 12.0 Å². The molecule has 0 radical (unpaired) electrons. The first kappa shape index (κ1) is 21.4. The largest absolute Gasteiger partial charge is 0.482 e. The van der Waals surface area contributed by atoms with E-state index in [4.69, 9.17) is 4.74 Å². The van der Waals surface area contributed by atoms with Crippen LogP contribution >= 0.6 is 0 Å². The molecule has 2 aromatic carbocycles. The fourth-order valence-corrected chi connectivity index (χ4v) is 4.20. The number of hydrogen-bond acceptors (Lipinski definition) is 2. The van der Waals surface area contributed by atoms with Crippen LogP contribution in [-0.4, -0.2) is 11.9 Å². The molecule has 3 rings (SSSR count). The Hall–Kier alpha value is -2.35. The van der Waals surface area contributed by atoms with E-state index in [0.717, 1.165) is 31.4 Å². The maximum atomic E-state index is 12.7. The molecular formula is C27H34O2. The molecule has 29 heavy (non-hydrogen) atoms. The maximum absolute atomic E-state index is 12.7. The molecule has 154 valence electrons. The molecule has 0 aliphatic heterocycles. The third kappa shape index (κ3) is 5.38. The highest BCUT2D eigenvalue weighted by atomic mass is 16.5. The van der Waals surface area contributed by atoms with Crippen molar-refractivity contribution in [3.8, 4) is 16.9 Å². The Labute approximate surface area is 176 Å². The van der Waals surface area contributed by atoms with Crippen LogP contribution in [0.25, 0.3) is 11.1 Å². The van der Waals surface area contributed by atoms with Crippen molar-refractivity contribution < 1.29 is 9.53 Å². The lowest BCUT2D eigenvalue weighted by atomic mass is 10.0. The van der Waals surface area contributed by atoms with Crippen LogP contribution in [0.3, 0.4) is 0 Å². The summed E-state index contributed by atoms with van der Waals surface area (Å²) in [7, 11) is 0. The maximum Gasteiger partial charge on any atom is 0.198 e. The number of fused-ring (bicyclic) bond motifs is 3. The van der Waals surface area contributed by atoms with Crippen molar-refractivity contribution in [1.82, 2.24) is 0 Å². The quantitative estimate of drug-likeness (QED) is 0.240. The number of Topliss-reactive ketones (excluding diaryl/α,β-unsaturated/α-hetero) is 1. The summed E-state index contributed by atoms with van der Waals surface area (Å²) in [5.74, 6) is 0.880. The molecule has 0 heterocycles. The van der Waals surface area contributed by atoms with E-state index in [2.05, 4.69) is 43.8 Å². The first-order valence-corrected chi connectivity index (χ1v) is 11.2. The zero-order chi connectivity index (χ0) is 20.6. The molecule has 0 amide bonds. The summed E-state index contributed by atoms with van der Waals surface area (Å²) in [5, 5.41) is 0. The highest BCUT2D eigenvalue weighted by molar-refractivity contribution is 5.98. The van der Waals surface area contributed by atoms with Gasteiger partial charge in [0.05, 0.1) is 0 Å². The van der Waals surface area contributed by atoms with Gasteiger partial charge in [-0.25, -0.2) is 0 Å². The molecule has 2 heteroatoms. The smallest absolute Gasteiger partial charge is 0.198 e. The number of hydrogen-bond donors (Lipinski definition) is 0. The van der Waals surface area contributed by atoms with Crippen molar-refractivity contribution in [2.75, 3.05) is 0 Å². The summed E-state index contributed by atoms with van der Waals surface area (Å²) in [5.41, 5.74) is 5.62. The van der Waals surface area contributed by atoms with E-state index in [1.807, 2.05) is 12.1 Å². The molecule has 1 atom stereocenters. The molecule has 1 aliphatic rings. The van der Waals surface area contributed by atoms with Gasteiger partial charge in [-0.2, -0.15) is 0 Å². The summed E-state index contributed by atoms with van der Waals surface area (Å²) < 4.78 is 6.35. The number of ketones is 1. The zero-order valence-electron chi connectivity index (χ0n) is 18.0. The van der Waals surface area contributed by atoms with Crippen LogP contribution in [-0.2, 0) is 11.2 Å². The molecule has 0 saturated carbocycles. The Morgan fingerprint density at radius 1 is 0.966 bits per heavy atom. The number of carbonyl (C=O) groups excluding carboxylic acids is 1. The van der Waals surface area contributed by atoms with Gasteiger partial charge in [-0.05, 0) is 48.1 Å².